The molecule has 0 fully saturated rings. The second-order valence-corrected chi connectivity index (χ2v) is 16.4. The van der Waals surface area contributed by atoms with Gasteiger partial charge in [0.25, 0.3) is 0 Å². The predicted octanol–water partition coefficient (Wildman–Crippen LogP) is 11.9. The van der Waals surface area contributed by atoms with Gasteiger partial charge in [-0.05, 0) is 77.0 Å². The summed E-state index contributed by atoms with van der Waals surface area (Å²) in [6.45, 7) is 4.20. The third-order valence-corrected chi connectivity index (χ3v) is 9.45. The number of phosphoric ester groups is 1. The van der Waals surface area contributed by atoms with Crippen molar-refractivity contribution in [3.8, 4) is 0 Å². The maximum atomic E-state index is 12.6. The molecule has 0 aliphatic rings. The smallest absolute Gasteiger partial charge is 0.462 e. The molecule has 0 rings (SSSR count). The van der Waals surface area contributed by atoms with Crippen molar-refractivity contribution in [3.05, 3.63) is 72.9 Å². The molecule has 1 N–H and O–H groups in total. The first-order valence-corrected chi connectivity index (χ1v) is 22.7. The summed E-state index contributed by atoms with van der Waals surface area (Å²) < 4.78 is 34.2. The van der Waals surface area contributed by atoms with Crippen LogP contribution in [0.5, 0.6) is 0 Å². The number of quaternary nitrogens is 1. The van der Waals surface area contributed by atoms with E-state index in [4.69, 9.17) is 18.5 Å². The molecule has 2 atom stereocenters. The highest BCUT2D eigenvalue weighted by atomic mass is 31.2. The van der Waals surface area contributed by atoms with Crippen LogP contribution in [0.1, 0.15) is 149 Å². The molecule has 9 nitrogen and oxygen atoms in total. The molecular weight excluding hydrogens is 713 g/mol. The van der Waals surface area contributed by atoms with E-state index in [0.717, 1.165) is 70.6 Å². The number of ether oxygens (including phenoxy) is 2. The molecule has 0 aliphatic carbocycles. The standard InChI is InChI=1S/C45H78NO8P/c1-6-8-10-12-14-16-18-20-22-23-24-26-28-30-32-34-36-38-45(48)54-43(42-53-55(49,50)52-40-39-46(3,4)5)41-51-44(47)37-35-33-31-29-27-25-21-19-17-15-13-11-9-7-2/h8,10,14,16,19-22,24,26,30,32,43H,6-7,9,11-13,15,17-18,23,25,27-29,31,33-42H2,1-5H3/p+1/b10-8-,16-14-,21-19-,22-20-,26-24-,32-30-/t43-/m1/s1. The van der Waals surface area contributed by atoms with Crippen LogP contribution < -0.4 is 0 Å². The van der Waals surface area contributed by atoms with Crippen LogP contribution in [-0.2, 0) is 32.7 Å². The highest BCUT2D eigenvalue weighted by Gasteiger charge is 2.27. The van der Waals surface area contributed by atoms with Crippen molar-refractivity contribution in [2.24, 2.45) is 0 Å². The Morgan fingerprint density at radius 3 is 1.62 bits per heavy atom. The van der Waals surface area contributed by atoms with Crippen LogP contribution in [-0.4, -0.2) is 74.9 Å². The van der Waals surface area contributed by atoms with E-state index in [0.29, 0.717) is 23.9 Å². The quantitative estimate of drug-likeness (QED) is 0.0218. The minimum absolute atomic E-state index is 0.0163. The fraction of sp³-hybridized carbons (Fsp3) is 0.689. The lowest BCUT2D eigenvalue weighted by Gasteiger charge is -2.24. The zero-order valence-electron chi connectivity index (χ0n) is 35.4. The van der Waals surface area contributed by atoms with Gasteiger partial charge in [-0.2, -0.15) is 0 Å². The number of esters is 2. The van der Waals surface area contributed by atoms with Gasteiger partial charge in [-0.3, -0.25) is 18.6 Å². The molecular formula is C45H79NO8P+. The summed E-state index contributed by atoms with van der Waals surface area (Å²) in [7, 11) is 1.42. The molecule has 316 valence electrons. The number of nitrogens with zero attached hydrogens (tertiary/aromatic N) is 1. The van der Waals surface area contributed by atoms with Crippen molar-refractivity contribution in [1.29, 1.82) is 0 Å². The highest BCUT2D eigenvalue weighted by Crippen LogP contribution is 2.43. The number of carbonyl (C=O) groups excluding carboxylic acids is 2. The summed E-state index contributed by atoms with van der Waals surface area (Å²) in [6, 6.07) is 0. The molecule has 55 heavy (non-hydrogen) atoms. The van der Waals surface area contributed by atoms with Gasteiger partial charge in [-0.1, -0.05) is 132 Å². The van der Waals surface area contributed by atoms with Gasteiger partial charge < -0.3 is 18.9 Å². The Labute approximate surface area is 336 Å². The van der Waals surface area contributed by atoms with Gasteiger partial charge in [0.05, 0.1) is 27.7 Å². The van der Waals surface area contributed by atoms with Crippen LogP contribution in [0.4, 0.5) is 0 Å². The van der Waals surface area contributed by atoms with Crippen molar-refractivity contribution < 1.29 is 42.1 Å². The van der Waals surface area contributed by atoms with Crippen LogP contribution in [0.15, 0.2) is 72.9 Å². The maximum Gasteiger partial charge on any atom is 0.472 e. The van der Waals surface area contributed by atoms with Crippen LogP contribution in [0.3, 0.4) is 0 Å². The normalized spacial score (nSPS) is 14.4. The second-order valence-electron chi connectivity index (χ2n) is 15.0. The fourth-order valence-electron chi connectivity index (χ4n) is 5.16. The minimum Gasteiger partial charge on any atom is -0.462 e. The molecule has 10 heteroatoms. The number of likely N-dealkylation sites (N-methyl/N-ethyl adjacent to an activating group) is 1. The van der Waals surface area contributed by atoms with Crippen LogP contribution in [0.2, 0.25) is 0 Å². The Balaban J connectivity index is 4.52. The highest BCUT2D eigenvalue weighted by molar-refractivity contribution is 7.47. The van der Waals surface area contributed by atoms with E-state index in [1.807, 2.05) is 27.2 Å². The summed E-state index contributed by atoms with van der Waals surface area (Å²) >= 11 is 0. The van der Waals surface area contributed by atoms with Gasteiger partial charge in [-0.25, -0.2) is 4.57 Å². The number of phosphoric acid groups is 1. The molecule has 1 unspecified atom stereocenters. The van der Waals surface area contributed by atoms with Crippen LogP contribution in [0, 0.1) is 0 Å². The van der Waals surface area contributed by atoms with Crippen molar-refractivity contribution in [2.45, 2.75) is 155 Å². The molecule has 0 aromatic carbocycles. The van der Waals surface area contributed by atoms with Gasteiger partial charge in [0.2, 0.25) is 0 Å². The third-order valence-electron chi connectivity index (χ3n) is 8.47. The van der Waals surface area contributed by atoms with E-state index < -0.39 is 32.5 Å². The van der Waals surface area contributed by atoms with E-state index in [1.54, 1.807) is 0 Å². The number of rotatable bonds is 37. The molecule has 0 aromatic heterocycles. The maximum absolute atomic E-state index is 12.6. The predicted molar refractivity (Wildman–Crippen MR) is 229 cm³/mol. The molecule has 0 heterocycles. The molecule has 0 saturated carbocycles. The Hall–Kier alpha value is -2.55. The van der Waals surface area contributed by atoms with Gasteiger partial charge in [0.15, 0.2) is 6.10 Å². The molecule has 0 amide bonds. The van der Waals surface area contributed by atoms with E-state index in [9.17, 15) is 19.0 Å². The van der Waals surface area contributed by atoms with Gasteiger partial charge >= 0.3 is 19.8 Å². The molecule has 0 bridgehead atoms. The van der Waals surface area contributed by atoms with Crippen molar-refractivity contribution >= 4 is 19.8 Å². The molecule has 0 saturated heterocycles. The van der Waals surface area contributed by atoms with Crippen molar-refractivity contribution in [2.75, 3.05) is 47.5 Å². The first-order valence-electron chi connectivity index (χ1n) is 21.2. The lowest BCUT2D eigenvalue weighted by Crippen LogP contribution is -2.37. The fourth-order valence-corrected chi connectivity index (χ4v) is 5.90. The molecule has 0 radical (unpaired) electrons. The summed E-state index contributed by atoms with van der Waals surface area (Å²) in [6.07, 6.45) is 45.3. The van der Waals surface area contributed by atoms with Gasteiger partial charge in [0, 0.05) is 12.8 Å². The topological polar surface area (TPSA) is 108 Å². The SMILES string of the molecule is CC/C=C\C/C=C\C/C=C\C/C=C\C/C=C\CCCC(=O)O[C@H](COC(=O)CCCCCCC/C=C\CCCCCCC)COP(=O)(O)OCC[N+](C)(C)C. The Morgan fingerprint density at radius 2 is 1.05 bits per heavy atom. The number of unbranched alkanes of at least 4 members (excludes halogenated alkanes) is 11. The van der Waals surface area contributed by atoms with E-state index >= 15 is 0 Å². The summed E-state index contributed by atoms with van der Waals surface area (Å²) in [5.74, 6) is -0.884. The summed E-state index contributed by atoms with van der Waals surface area (Å²) in [5, 5.41) is 0. The number of hydrogen-bond donors (Lipinski definition) is 1. The minimum atomic E-state index is -4.39. The molecule has 0 spiro atoms. The first-order chi connectivity index (χ1) is 26.5. The van der Waals surface area contributed by atoms with E-state index in [2.05, 4.69) is 80.7 Å². The van der Waals surface area contributed by atoms with Crippen molar-refractivity contribution in [3.63, 3.8) is 0 Å². The average molecular weight is 793 g/mol. The van der Waals surface area contributed by atoms with Gasteiger partial charge in [-0.15, -0.1) is 0 Å². The van der Waals surface area contributed by atoms with Gasteiger partial charge in [0.1, 0.15) is 19.8 Å². The first kappa shape index (κ1) is 52.5. The zero-order valence-corrected chi connectivity index (χ0v) is 36.3. The molecule has 0 aliphatic heterocycles. The lowest BCUT2D eigenvalue weighted by molar-refractivity contribution is -0.870. The van der Waals surface area contributed by atoms with E-state index in [-0.39, 0.29) is 26.1 Å². The monoisotopic (exact) mass is 793 g/mol. The second kappa shape index (κ2) is 37.1. The Morgan fingerprint density at radius 1 is 0.582 bits per heavy atom. The lowest BCUT2D eigenvalue weighted by atomic mass is 10.1. The number of hydrogen-bond acceptors (Lipinski definition) is 7. The average Bonchev–Trinajstić information content (AvgIpc) is 3.13. The number of allylic oxidation sites excluding steroid dienone is 12. The Bertz CT molecular complexity index is 1170. The number of carbonyl (C=O) groups is 2. The largest absolute Gasteiger partial charge is 0.472 e. The third kappa shape index (κ3) is 40.9. The summed E-state index contributed by atoms with van der Waals surface area (Å²) in [5.41, 5.74) is 0. The Kier molecular flexibility index (Phi) is 35.3. The zero-order chi connectivity index (χ0) is 40.7. The van der Waals surface area contributed by atoms with Crippen LogP contribution >= 0.6 is 7.82 Å². The van der Waals surface area contributed by atoms with Crippen molar-refractivity contribution in [1.82, 2.24) is 0 Å². The van der Waals surface area contributed by atoms with Crippen LogP contribution in [0.25, 0.3) is 0 Å². The molecule has 0 aromatic rings. The summed E-state index contributed by atoms with van der Waals surface area (Å²) in [4.78, 5) is 35.3. The van der Waals surface area contributed by atoms with E-state index in [1.165, 1.54) is 38.5 Å².